The van der Waals surface area contributed by atoms with Crippen molar-refractivity contribution in [3.63, 3.8) is 0 Å². The minimum Gasteiger partial charge on any atom is -0.295 e. The maximum absolute atomic E-state index is 10.9. The summed E-state index contributed by atoms with van der Waals surface area (Å²) in [4.78, 5) is 21.8. The van der Waals surface area contributed by atoms with Crippen LogP contribution in [0.5, 0.6) is 0 Å². The van der Waals surface area contributed by atoms with Crippen LogP contribution in [-0.4, -0.2) is 11.6 Å². The lowest BCUT2D eigenvalue weighted by Gasteiger charge is -2.08. The Morgan fingerprint density at radius 2 is 1.27 bits per heavy atom. The fraction of sp³-hybridized carbons (Fsp3) is 0.154. The molecule has 2 heteroatoms. The van der Waals surface area contributed by atoms with E-state index in [4.69, 9.17) is 0 Å². The molecular weight excluding hydrogens is 188 g/mol. The largest absolute Gasteiger partial charge is 0.295 e. The Morgan fingerprint density at radius 1 is 0.800 bits per heavy atom. The molecule has 2 nitrogen and oxygen atoms in total. The van der Waals surface area contributed by atoms with E-state index in [0.29, 0.717) is 12.8 Å². The number of hydrogen-bond acceptors (Lipinski definition) is 2. The Morgan fingerprint density at radius 3 is 1.60 bits per heavy atom. The molecule has 0 saturated heterocycles. The second-order valence-corrected chi connectivity index (χ2v) is 3.45. The van der Waals surface area contributed by atoms with Crippen molar-refractivity contribution in [2.75, 3.05) is 0 Å². The van der Waals surface area contributed by atoms with E-state index in [1.165, 1.54) is 0 Å². The molecule has 0 atom stereocenters. The number of carbonyl (C=O) groups excluding carboxylic acids is 2. The molecule has 0 amide bonds. The Hall–Kier alpha value is -1.70. The maximum Gasteiger partial charge on any atom is 0.159 e. The zero-order chi connectivity index (χ0) is 10.7. The second kappa shape index (κ2) is 4.22. The molecule has 0 aliphatic heterocycles. The summed E-state index contributed by atoms with van der Waals surface area (Å²) in [5, 5.41) is 0. The van der Waals surface area contributed by atoms with Gasteiger partial charge in [0.2, 0.25) is 0 Å². The normalized spacial score (nSPS) is 20.3. The average Bonchev–Trinajstić information content (AvgIpc) is 2.25. The fourth-order valence-corrected chi connectivity index (χ4v) is 1.41. The third-order valence-electron chi connectivity index (χ3n) is 2.23. The van der Waals surface area contributed by atoms with E-state index in [1.54, 1.807) is 24.3 Å². The molecule has 2 aliphatic carbocycles. The lowest BCUT2D eigenvalue weighted by atomic mass is 9.96. The summed E-state index contributed by atoms with van der Waals surface area (Å²) in [6.45, 7) is 0. The van der Waals surface area contributed by atoms with E-state index in [0.717, 1.165) is 11.1 Å². The van der Waals surface area contributed by atoms with Gasteiger partial charge in [-0.25, -0.2) is 0 Å². The second-order valence-electron chi connectivity index (χ2n) is 3.45. The first-order chi connectivity index (χ1) is 7.24. The van der Waals surface area contributed by atoms with Gasteiger partial charge in [-0.15, -0.1) is 0 Å². The van der Waals surface area contributed by atoms with E-state index >= 15 is 0 Å². The summed E-state index contributed by atoms with van der Waals surface area (Å²) in [7, 11) is 0. The molecule has 0 spiro atoms. The highest BCUT2D eigenvalue weighted by molar-refractivity contribution is 5.94. The third-order valence-corrected chi connectivity index (χ3v) is 2.23. The minimum atomic E-state index is 0.115. The summed E-state index contributed by atoms with van der Waals surface area (Å²) in [6.07, 6.45) is 14.3. The molecule has 0 N–H and O–H groups in total. The SMILES string of the molecule is O=C1C=CC([C]C2=CCC(=O)C=C2)=CC1. The van der Waals surface area contributed by atoms with Gasteiger partial charge in [-0.3, -0.25) is 9.59 Å². The molecule has 74 valence electrons. The van der Waals surface area contributed by atoms with Crippen LogP contribution in [0.25, 0.3) is 0 Å². The fourth-order valence-electron chi connectivity index (χ4n) is 1.41. The first kappa shape index (κ1) is 9.84. The Bertz CT molecular complexity index is 380. The van der Waals surface area contributed by atoms with Crippen LogP contribution in [0, 0.1) is 6.42 Å². The number of rotatable bonds is 2. The quantitative estimate of drug-likeness (QED) is 0.679. The molecule has 0 aromatic rings. The molecule has 2 radical (unpaired) electrons. The van der Waals surface area contributed by atoms with Gasteiger partial charge in [-0.1, -0.05) is 24.3 Å². The minimum absolute atomic E-state index is 0.115. The Labute approximate surface area is 88.7 Å². The Kier molecular flexibility index (Phi) is 2.77. The number of hydrogen-bond donors (Lipinski definition) is 0. The van der Waals surface area contributed by atoms with Crippen molar-refractivity contribution >= 4 is 11.6 Å². The number of ketones is 2. The smallest absolute Gasteiger partial charge is 0.159 e. The van der Waals surface area contributed by atoms with Gasteiger partial charge in [0.05, 0.1) is 0 Å². The van der Waals surface area contributed by atoms with E-state index in [1.807, 2.05) is 12.2 Å². The molecule has 0 bridgehead atoms. The molecule has 0 fully saturated rings. The van der Waals surface area contributed by atoms with Crippen LogP contribution in [0.15, 0.2) is 47.6 Å². The molecular formula is C13H10O2. The van der Waals surface area contributed by atoms with Gasteiger partial charge in [0, 0.05) is 19.3 Å². The van der Waals surface area contributed by atoms with Crippen LogP contribution in [0.2, 0.25) is 0 Å². The summed E-state index contributed by atoms with van der Waals surface area (Å²) in [5.41, 5.74) is 1.81. The topological polar surface area (TPSA) is 34.1 Å². The third kappa shape index (κ3) is 2.62. The van der Waals surface area contributed by atoms with Crippen molar-refractivity contribution in [3.05, 3.63) is 54.0 Å². The van der Waals surface area contributed by atoms with Crippen molar-refractivity contribution in [2.24, 2.45) is 0 Å². The predicted octanol–water partition coefficient (Wildman–Crippen LogP) is 1.98. The van der Waals surface area contributed by atoms with Crippen LogP contribution < -0.4 is 0 Å². The lowest BCUT2D eigenvalue weighted by molar-refractivity contribution is -0.114. The van der Waals surface area contributed by atoms with Gasteiger partial charge in [-0.05, 0) is 23.3 Å². The number of carbonyl (C=O) groups is 2. The molecule has 2 aliphatic rings. The van der Waals surface area contributed by atoms with E-state index in [-0.39, 0.29) is 11.6 Å². The highest BCUT2D eigenvalue weighted by Gasteiger charge is 2.08. The van der Waals surface area contributed by atoms with E-state index < -0.39 is 0 Å². The maximum atomic E-state index is 10.9. The Balaban J connectivity index is 1.99. The van der Waals surface area contributed by atoms with Gasteiger partial charge < -0.3 is 0 Å². The summed E-state index contributed by atoms with van der Waals surface area (Å²) in [5.74, 6) is 0.229. The van der Waals surface area contributed by atoms with Crippen LogP contribution in [0.1, 0.15) is 12.8 Å². The molecule has 15 heavy (non-hydrogen) atoms. The van der Waals surface area contributed by atoms with Crippen molar-refractivity contribution in [3.8, 4) is 0 Å². The van der Waals surface area contributed by atoms with Crippen LogP contribution in [0.4, 0.5) is 0 Å². The number of allylic oxidation sites excluding steroid dienone is 8. The van der Waals surface area contributed by atoms with Gasteiger partial charge in [-0.2, -0.15) is 0 Å². The highest BCUT2D eigenvalue weighted by Crippen LogP contribution is 2.19. The average molecular weight is 198 g/mol. The summed E-state index contributed by atoms with van der Waals surface area (Å²) in [6, 6.07) is 0. The molecule has 0 aromatic heterocycles. The summed E-state index contributed by atoms with van der Waals surface area (Å²) < 4.78 is 0. The predicted molar refractivity (Wildman–Crippen MR) is 56.9 cm³/mol. The molecule has 0 saturated carbocycles. The zero-order valence-electron chi connectivity index (χ0n) is 8.19. The molecule has 0 aromatic carbocycles. The lowest BCUT2D eigenvalue weighted by Crippen LogP contribution is -2.00. The van der Waals surface area contributed by atoms with Gasteiger partial charge in [0.1, 0.15) is 0 Å². The molecule has 2 rings (SSSR count). The van der Waals surface area contributed by atoms with Crippen molar-refractivity contribution in [1.29, 1.82) is 0 Å². The summed E-state index contributed by atoms with van der Waals surface area (Å²) >= 11 is 0. The first-order valence-corrected chi connectivity index (χ1v) is 4.83. The van der Waals surface area contributed by atoms with Gasteiger partial charge in [0.25, 0.3) is 0 Å². The van der Waals surface area contributed by atoms with Crippen LogP contribution >= 0.6 is 0 Å². The monoisotopic (exact) mass is 198 g/mol. The standard InChI is InChI=1S/C13H10O2/c14-12-5-1-10(2-6-12)9-11-3-7-13(15)8-4-11/h1-5,7H,6,8H2. The van der Waals surface area contributed by atoms with E-state index in [2.05, 4.69) is 6.42 Å². The first-order valence-electron chi connectivity index (χ1n) is 4.83. The van der Waals surface area contributed by atoms with Crippen molar-refractivity contribution < 1.29 is 9.59 Å². The van der Waals surface area contributed by atoms with E-state index in [9.17, 15) is 9.59 Å². The van der Waals surface area contributed by atoms with Crippen LogP contribution in [-0.2, 0) is 9.59 Å². The van der Waals surface area contributed by atoms with Crippen molar-refractivity contribution in [1.82, 2.24) is 0 Å². The van der Waals surface area contributed by atoms with Gasteiger partial charge in [0.15, 0.2) is 11.6 Å². The van der Waals surface area contributed by atoms with Gasteiger partial charge >= 0.3 is 0 Å². The highest BCUT2D eigenvalue weighted by atomic mass is 16.1. The molecule has 0 heterocycles. The van der Waals surface area contributed by atoms with Crippen LogP contribution in [0.3, 0.4) is 0 Å². The zero-order valence-corrected chi connectivity index (χ0v) is 8.19. The van der Waals surface area contributed by atoms with Crippen molar-refractivity contribution in [2.45, 2.75) is 12.8 Å². The molecule has 0 unspecified atom stereocenters.